The number of rotatable bonds is 6. The Balaban J connectivity index is 2.93. The van der Waals surface area contributed by atoms with Gasteiger partial charge in [-0.1, -0.05) is 6.92 Å². The Morgan fingerprint density at radius 3 is 2.67 bits per heavy atom. The first-order valence-corrected chi connectivity index (χ1v) is 5.65. The van der Waals surface area contributed by atoms with Crippen LogP contribution in [0.1, 0.15) is 23.7 Å². The van der Waals surface area contributed by atoms with Gasteiger partial charge < -0.3 is 20.3 Å². The van der Waals surface area contributed by atoms with Crippen molar-refractivity contribution in [1.82, 2.24) is 4.98 Å². The van der Waals surface area contributed by atoms with Crippen LogP contribution < -0.4 is 5.32 Å². The molecule has 1 heterocycles. The maximum atomic E-state index is 11.4. The van der Waals surface area contributed by atoms with Crippen LogP contribution in [0.15, 0.2) is 18.3 Å². The Hall–Kier alpha value is -1.66. The molecule has 0 fully saturated rings. The molecule has 6 nitrogen and oxygen atoms in total. The summed E-state index contributed by atoms with van der Waals surface area (Å²) >= 11 is 0. The van der Waals surface area contributed by atoms with Gasteiger partial charge in [-0.15, -0.1) is 0 Å². The van der Waals surface area contributed by atoms with Gasteiger partial charge in [-0.3, -0.25) is 0 Å². The van der Waals surface area contributed by atoms with Gasteiger partial charge in [0.2, 0.25) is 0 Å². The lowest BCUT2D eigenvalue weighted by atomic mass is 9.98. The average molecular weight is 254 g/mol. The smallest absolute Gasteiger partial charge is 0.338 e. The third-order valence-electron chi connectivity index (χ3n) is 2.86. The molecule has 0 aliphatic rings. The fraction of sp³-hybridized carbons (Fsp3) is 0.500. The summed E-state index contributed by atoms with van der Waals surface area (Å²) in [7, 11) is 1.30. The molecule has 1 aromatic rings. The highest BCUT2D eigenvalue weighted by Gasteiger charge is 2.26. The highest BCUT2D eigenvalue weighted by molar-refractivity contribution is 5.90. The molecule has 6 heteroatoms. The van der Waals surface area contributed by atoms with Gasteiger partial charge in [-0.25, -0.2) is 9.78 Å². The van der Waals surface area contributed by atoms with E-state index in [0.717, 1.165) is 0 Å². The number of nitrogens with zero attached hydrogens (tertiary/aromatic N) is 1. The van der Waals surface area contributed by atoms with Gasteiger partial charge in [-0.2, -0.15) is 0 Å². The van der Waals surface area contributed by atoms with Crippen molar-refractivity contribution in [3.63, 3.8) is 0 Å². The largest absolute Gasteiger partial charge is 0.465 e. The fourth-order valence-electron chi connectivity index (χ4n) is 1.46. The van der Waals surface area contributed by atoms with Gasteiger partial charge in [0, 0.05) is 6.20 Å². The number of methoxy groups -OCH3 is 1. The number of esters is 1. The summed E-state index contributed by atoms with van der Waals surface area (Å²) in [6, 6.07) is 3.05. The predicted molar refractivity (Wildman–Crippen MR) is 66.4 cm³/mol. The van der Waals surface area contributed by atoms with Crippen LogP contribution in [0.3, 0.4) is 0 Å². The van der Waals surface area contributed by atoms with Crippen molar-refractivity contribution in [1.29, 1.82) is 0 Å². The number of hydrogen-bond donors (Lipinski definition) is 3. The molecule has 0 saturated heterocycles. The second-order valence-electron chi connectivity index (χ2n) is 4.00. The number of aromatic nitrogens is 1. The SMILES string of the molecule is CCC(CO)(CO)Nc1cc(C(=O)OC)ccn1. The summed E-state index contributed by atoms with van der Waals surface area (Å²) in [5, 5.41) is 21.6. The number of carbonyl (C=O) groups excluding carboxylic acids is 1. The maximum absolute atomic E-state index is 11.4. The van der Waals surface area contributed by atoms with Crippen LogP contribution in [0, 0.1) is 0 Å². The second-order valence-corrected chi connectivity index (χ2v) is 4.00. The molecule has 1 aromatic heterocycles. The lowest BCUT2D eigenvalue weighted by Crippen LogP contribution is -2.45. The second kappa shape index (κ2) is 6.32. The van der Waals surface area contributed by atoms with E-state index >= 15 is 0 Å². The third kappa shape index (κ3) is 3.18. The quantitative estimate of drug-likeness (QED) is 0.637. The van der Waals surface area contributed by atoms with E-state index in [1.54, 1.807) is 0 Å². The molecule has 0 spiro atoms. The zero-order valence-electron chi connectivity index (χ0n) is 10.5. The molecule has 18 heavy (non-hydrogen) atoms. The minimum absolute atomic E-state index is 0.232. The maximum Gasteiger partial charge on any atom is 0.338 e. The molecule has 0 radical (unpaired) electrons. The molecule has 0 aromatic carbocycles. The normalized spacial score (nSPS) is 11.1. The van der Waals surface area contributed by atoms with E-state index in [1.807, 2.05) is 6.92 Å². The molecule has 0 aliphatic carbocycles. The fourth-order valence-corrected chi connectivity index (χ4v) is 1.46. The standard InChI is InChI=1S/C12H18N2O4/c1-3-12(7-15,8-16)14-10-6-9(4-5-13-10)11(17)18-2/h4-6,15-16H,3,7-8H2,1-2H3,(H,13,14). The average Bonchev–Trinajstić information content (AvgIpc) is 2.44. The Kier molecular flexibility index (Phi) is 5.06. The van der Waals surface area contributed by atoms with Gasteiger partial charge >= 0.3 is 5.97 Å². The van der Waals surface area contributed by atoms with E-state index in [2.05, 4.69) is 15.0 Å². The molecule has 0 bridgehead atoms. The van der Waals surface area contributed by atoms with Crippen molar-refractivity contribution in [2.75, 3.05) is 25.6 Å². The van der Waals surface area contributed by atoms with E-state index in [0.29, 0.717) is 17.8 Å². The van der Waals surface area contributed by atoms with Crippen molar-refractivity contribution in [3.8, 4) is 0 Å². The van der Waals surface area contributed by atoms with Crippen LogP contribution in [-0.4, -0.2) is 47.0 Å². The van der Waals surface area contributed by atoms with Crippen LogP contribution >= 0.6 is 0 Å². The van der Waals surface area contributed by atoms with Crippen molar-refractivity contribution in [2.24, 2.45) is 0 Å². The van der Waals surface area contributed by atoms with Gasteiger partial charge in [0.15, 0.2) is 0 Å². The lowest BCUT2D eigenvalue weighted by Gasteiger charge is -2.30. The van der Waals surface area contributed by atoms with Crippen LogP contribution in [0.4, 0.5) is 5.82 Å². The van der Waals surface area contributed by atoms with Crippen LogP contribution in [0.5, 0.6) is 0 Å². The number of hydrogen-bond acceptors (Lipinski definition) is 6. The van der Waals surface area contributed by atoms with Gasteiger partial charge in [0.1, 0.15) is 5.82 Å². The summed E-state index contributed by atoms with van der Waals surface area (Å²) in [4.78, 5) is 15.4. The lowest BCUT2D eigenvalue weighted by molar-refractivity contribution is 0.0600. The summed E-state index contributed by atoms with van der Waals surface area (Å²) in [6.45, 7) is 1.37. The Morgan fingerprint density at radius 1 is 1.50 bits per heavy atom. The number of carbonyl (C=O) groups is 1. The molecular formula is C12H18N2O4. The van der Waals surface area contributed by atoms with Crippen molar-refractivity contribution < 1.29 is 19.7 Å². The number of anilines is 1. The Labute approximate surface area is 106 Å². The first kappa shape index (κ1) is 14.4. The molecule has 0 aliphatic heterocycles. The van der Waals surface area contributed by atoms with Crippen LogP contribution in [-0.2, 0) is 4.74 Å². The van der Waals surface area contributed by atoms with E-state index in [-0.39, 0.29) is 13.2 Å². The number of aliphatic hydroxyl groups excluding tert-OH is 2. The number of pyridine rings is 1. The molecule has 0 amide bonds. The van der Waals surface area contributed by atoms with E-state index in [9.17, 15) is 15.0 Å². The first-order chi connectivity index (χ1) is 8.60. The molecule has 100 valence electrons. The zero-order valence-corrected chi connectivity index (χ0v) is 10.5. The van der Waals surface area contributed by atoms with Crippen LogP contribution in [0.2, 0.25) is 0 Å². The minimum atomic E-state index is -0.845. The zero-order chi connectivity index (χ0) is 13.6. The summed E-state index contributed by atoms with van der Waals surface area (Å²) in [5.74, 6) is -0.0570. The van der Waals surface area contributed by atoms with E-state index in [4.69, 9.17) is 0 Å². The van der Waals surface area contributed by atoms with Gasteiger partial charge in [0.05, 0.1) is 31.4 Å². The van der Waals surface area contributed by atoms with Crippen molar-refractivity contribution in [3.05, 3.63) is 23.9 Å². The van der Waals surface area contributed by atoms with Crippen LogP contribution in [0.25, 0.3) is 0 Å². The Morgan fingerprint density at radius 2 is 2.17 bits per heavy atom. The predicted octanol–water partition coefficient (Wildman–Crippen LogP) is 0.413. The molecule has 0 unspecified atom stereocenters. The molecular weight excluding hydrogens is 236 g/mol. The number of aliphatic hydroxyl groups is 2. The van der Waals surface area contributed by atoms with Gasteiger partial charge in [0.25, 0.3) is 0 Å². The molecule has 0 saturated carbocycles. The monoisotopic (exact) mass is 254 g/mol. The van der Waals surface area contributed by atoms with Crippen molar-refractivity contribution in [2.45, 2.75) is 18.9 Å². The minimum Gasteiger partial charge on any atom is -0.465 e. The van der Waals surface area contributed by atoms with E-state index in [1.165, 1.54) is 25.4 Å². The number of nitrogens with one attached hydrogen (secondary N) is 1. The van der Waals surface area contributed by atoms with Gasteiger partial charge in [-0.05, 0) is 18.6 Å². The summed E-state index contributed by atoms with van der Waals surface area (Å²) < 4.78 is 4.61. The third-order valence-corrected chi connectivity index (χ3v) is 2.86. The first-order valence-electron chi connectivity index (χ1n) is 5.65. The highest BCUT2D eigenvalue weighted by atomic mass is 16.5. The number of ether oxygens (including phenoxy) is 1. The molecule has 1 rings (SSSR count). The van der Waals surface area contributed by atoms with Crippen molar-refractivity contribution >= 4 is 11.8 Å². The van der Waals surface area contributed by atoms with E-state index < -0.39 is 11.5 Å². The molecule has 0 atom stereocenters. The topological polar surface area (TPSA) is 91.7 Å². The Bertz CT molecular complexity index is 397. The summed E-state index contributed by atoms with van der Waals surface area (Å²) in [6.07, 6.45) is 1.98. The highest BCUT2D eigenvalue weighted by Crippen LogP contribution is 2.17. The molecule has 3 N–H and O–H groups in total. The summed E-state index contributed by atoms with van der Waals surface area (Å²) in [5.41, 5.74) is -0.488.